The van der Waals surface area contributed by atoms with Gasteiger partial charge in [0.2, 0.25) is 0 Å². The molecule has 0 aliphatic rings. The van der Waals surface area contributed by atoms with Gasteiger partial charge in [0.1, 0.15) is 0 Å². The van der Waals surface area contributed by atoms with Crippen LogP contribution in [0.3, 0.4) is 0 Å². The molecule has 1 aromatic heterocycles. The van der Waals surface area contributed by atoms with E-state index in [0.717, 1.165) is 0 Å². The molecule has 0 bridgehead atoms. The predicted molar refractivity (Wildman–Crippen MR) is 44.5 cm³/mol. The number of hydrogen-bond acceptors (Lipinski definition) is 1. The summed E-state index contributed by atoms with van der Waals surface area (Å²) in [6.45, 7) is 1.37. The fourth-order valence-electron chi connectivity index (χ4n) is 0.884. The predicted octanol–water partition coefficient (Wildman–Crippen LogP) is 2.38. The number of rotatable bonds is 1. The highest BCUT2D eigenvalue weighted by Gasteiger charge is 2.16. The second-order valence-electron chi connectivity index (χ2n) is 2.31. The lowest BCUT2D eigenvalue weighted by atomic mass is 10.2. The van der Waals surface area contributed by atoms with Crippen LogP contribution in [0, 0.1) is 6.92 Å². The highest BCUT2D eigenvalue weighted by Crippen LogP contribution is 2.27. The standard InChI is InChI=1S/C7H6BrF2NO/c1-3-5(6(9)10)4(8)2-11-7(3)12/h2,6H,1H3,(H,11,12). The van der Waals surface area contributed by atoms with Gasteiger partial charge < -0.3 is 4.98 Å². The van der Waals surface area contributed by atoms with Gasteiger partial charge in [0, 0.05) is 21.8 Å². The maximum Gasteiger partial charge on any atom is 0.265 e. The van der Waals surface area contributed by atoms with E-state index in [1.807, 2.05) is 0 Å². The summed E-state index contributed by atoms with van der Waals surface area (Å²) in [5, 5.41) is 0. The van der Waals surface area contributed by atoms with Crippen molar-refractivity contribution in [1.82, 2.24) is 4.98 Å². The third kappa shape index (κ3) is 1.55. The van der Waals surface area contributed by atoms with E-state index in [9.17, 15) is 13.6 Å². The van der Waals surface area contributed by atoms with Gasteiger partial charge >= 0.3 is 0 Å². The number of nitrogens with one attached hydrogen (secondary N) is 1. The monoisotopic (exact) mass is 237 g/mol. The molecule has 0 aliphatic carbocycles. The molecule has 0 fully saturated rings. The molecule has 5 heteroatoms. The van der Waals surface area contributed by atoms with Gasteiger partial charge in [-0.25, -0.2) is 8.78 Å². The van der Waals surface area contributed by atoms with E-state index < -0.39 is 12.0 Å². The smallest absolute Gasteiger partial charge is 0.265 e. The minimum atomic E-state index is -2.62. The van der Waals surface area contributed by atoms with Crippen molar-refractivity contribution >= 4 is 15.9 Å². The van der Waals surface area contributed by atoms with Crippen LogP contribution in [-0.4, -0.2) is 4.98 Å². The van der Waals surface area contributed by atoms with E-state index in [4.69, 9.17) is 0 Å². The molecule has 1 N–H and O–H groups in total. The third-order valence-corrected chi connectivity index (χ3v) is 2.21. The largest absolute Gasteiger partial charge is 0.328 e. The molecule has 66 valence electrons. The van der Waals surface area contributed by atoms with Crippen LogP contribution >= 0.6 is 15.9 Å². The molecule has 0 unspecified atom stereocenters. The fraction of sp³-hybridized carbons (Fsp3) is 0.286. The fourth-order valence-corrected chi connectivity index (χ4v) is 1.47. The Morgan fingerprint density at radius 2 is 2.17 bits per heavy atom. The summed E-state index contributed by atoms with van der Waals surface area (Å²) in [5.74, 6) is 0. The molecule has 0 spiro atoms. The van der Waals surface area contributed by atoms with Gasteiger partial charge in [0.25, 0.3) is 12.0 Å². The van der Waals surface area contributed by atoms with Gasteiger partial charge in [-0.2, -0.15) is 0 Å². The second-order valence-corrected chi connectivity index (χ2v) is 3.16. The maximum absolute atomic E-state index is 12.3. The Morgan fingerprint density at radius 1 is 1.58 bits per heavy atom. The van der Waals surface area contributed by atoms with E-state index in [2.05, 4.69) is 20.9 Å². The molecule has 1 rings (SSSR count). The summed E-state index contributed by atoms with van der Waals surface area (Å²) in [5.41, 5.74) is -0.661. The molecule has 12 heavy (non-hydrogen) atoms. The van der Waals surface area contributed by atoms with Crippen LogP contribution in [-0.2, 0) is 0 Å². The lowest BCUT2D eigenvalue weighted by Gasteiger charge is -2.04. The molecule has 0 radical (unpaired) electrons. The summed E-state index contributed by atoms with van der Waals surface area (Å²) >= 11 is 2.93. The first-order valence-electron chi connectivity index (χ1n) is 3.20. The summed E-state index contributed by atoms with van der Waals surface area (Å²) < 4.78 is 24.8. The number of hydrogen-bond donors (Lipinski definition) is 1. The van der Waals surface area contributed by atoms with Crippen LogP contribution in [0.2, 0.25) is 0 Å². The third-order valence-electron chi connectivity index (χ3n) is 1.55. The van der Waals surface area contributed by atoms with Crippen LogP contribution in [0.4, 0.5) is 8.78 Å². The summed E-state index contributed by atoms with van der Waals surface area (Å²) in [4.78, 5) is 13.2. The average Bonchev–Trinajstić information content (AvgIpc) is 1.97. The topological polar surface area (TPSA) is 32.9 Å². The molecule has 0 amide bonds. The van der Waals surface area contributed by atoms with Crippen molar-refractivity contribution in [2.75, 3.05) is 0 Å². The van der Waals surface area contributed by atoms with Crippen LogP contribution in [0.15, 0.2) is 15.5 Å². The Morgan fingerprint density at radius 3 is 2.58 bits per heavy atom. The van der Waals surface area contributed by atoms with Gasteiger partial charge in [0.15, 0.2) is 0 Å². The Balaban J connectivity index is 3.43. The van der Waals surface area contributed by atoms with Crippen molar-refractivity contribution < 1.29 is 8.78 Å². The zero-order valence-corrected chi connectivity index (χ0v) is 7.78. The highest BCUT2D eigenvalue weighted by atomic mass is 79.9. The first kappa shape index (κ1) is 9.38. The zero-order valence-electron chi connectivity index (χ0n) is 6.20. The molecule has 0 saturated carbocycles. The highest BCUT2D eigenvalue weighted by molar-refractivity contribution is 9.10. The van der Waals surface area contributed by atoms with Crippen molar-refractivity contribution in [2.24, 2.45) is 0 Å². The number of halogens is 3. The molecular formula is C7H6BrF2NO. The van der Waals surface area contributed by atoms with Gasteiger partial charge in [-0.1, -0.05) is 0 Å². The minimum absolute atomic E-state index is 0.0550. The van der Waals surface area contributed by atoms with Gasteiger partial charge in [-0.15, -0.1) is 0 Å². The second kappa shape index (κ2) is 3.35. The quantitative estimate of drug-likeness (QED) is 0.800. The van der Waals surface area contributed by atoms with Crippen LogP contribution in [0.1, 0.15) is 17.6 Å². The molecular weight excluding hydrogens is 232 g/mol. The van der Waals surface area contributed by atoms with E-state index >= 15 is 0 Å². The molecule has 2 nitrogen and oxygen atoms in total. The Bertz CT molecular complexity index is 348. The van der Waals surface area contributed by atoms with Crippen molar-refractivity contribution in [2.45, 2.75) is 13.3 Å². The van der Waals surface area contributed by atoms with Gasteiger partial charge in [-0.3, -0.25) is 4.79 Å². The van der Waals surface area contributed by atoms with E-state index in [1.165, 1.54) is 13.1 Å². The van der Waals surface area contributed by atoms with Crippen molar-refractivity contribution in [3.63, 3.8) is 0 Å². The first-order valence-corrected chi connectivity index (χ1v) is 3.99. The van der Waals surface area contributed by atoms with E-state index in [1.54, 1.807) is 0 Å². The summed E-state index contributed by atoms with van der Waals surface area (Å²) in [7, 11) is 0. The Labute approximate surface area is 75.7 Å². The number of H-pyrrole nitrogens is 1. The zero-order chi connectivity index (χ0) is 9.30. The van der Waals surface area contributed by atoms with Crippen LogP contribution < -0.4 is 5.56 Å². The number of alkyl halides is 2. The Hall–Kier alpha value is -0.710. The SMILES string of the molecule is Cc1c(C(F)F)c(Br)c[nH]c1=O. The minimum Gasteiger partial charge on any atom is -0.328 e. The molecule has 0 aromatic carbocycles. The number of aromatic amines is 1. The normalized spacial score (nSPS) is 10.8. The number of pyridine rings is 1. The molecule has 0 saturated heterocycles. The summed E-state index contributed by atoms with van der Waals surface area (Å²) in [6.07, 6.45) is -1.40. The van der Waals surface area contributed by atoms with Crippen molar-refractivity contribution in [1.29, 1.82) is 0 Å². The van der Waals surface area contributed by atoms with Crippen LogP contribution in [0.25, 0.3) is 0 Å². The Kier molecular flexibility index (Phi) is 2.62. The van der Waals surface area contributed by atoms with Crippen molar-refractivity contribution in [3.05, 3.63) is 32.2 Å². The van der Waals surface area contributed by atoms with Crippen molar-refractivity contribution in [3.8, 4) is 0 Å². The average molecular weight is 238 g/mol. The maximum atomic E-state index is 12.3. The van der Waals surface area contributed by atoms with Gasteiger partial charge in [-0.05, 0) is 22.9 Å². The molecule has 0 atom stereocenters. The van der Waals surface area contributed by atoms with E-state index in [-0.39, 0.29) is 15.6 Å². The number of aromatic nitrogens is 1. The summed E-state index contributed by atoms with van der Waals surface area (Å²) in [6, 6.07) is 0. The molecule has 0 aliphatic heterocycles. The molecule has 1 heterocycles. The van der Waals surface area contributed by atoms with Gasteiger partial charge in [0.05, 0.1) is 0 Å². The van der Waals surface area contributed by atoms with E-state index in [0.29, 0.717) is 0 Å². The lowest BCUT2D eigenvalue weighted by molar-refractivity contribution is 0.149. The first-order chi connectivity index (χ1) is 5.54. The molecule has 1 aromatic rings. The van der Waals surface area contributed by atoms with Crippen LogP contribution in [0.5, 0.6) is 0 Å². The lowest BCUT2D eigenvalue weighted by Crippen LogP contribution is -2.12.